The van der Waals surface area contributed by atoms with Crippen LogP contribution in [-0.2, 0) is 9.59 Å². The standard InChI is InChI=1S/C23H35FN2O2/c1-14(2)20(22(28)25-18-12-7-15(3)19(24)13-18)26-21(27)16-8-10-17(11-9-16)23(4,5)6/h7,12-14,16-17,20H,8-11H2,1-6H3,(H,25,28)(H,26,27)/t16?,17?,20-/m0/s1. The molecule has 4 nitrogen and oxygen atoms in total. The van der Waals surface area contributed by atoms with Gasteiger partial charge in [0, 0.05) is 11.6 Å². The van der Waals surface area contributed by atoms with Gasteiger partial charge in [-0.25, -0.2) is 4.39 Å². The number of hydrogen-bond donors (Lipinski definition) is 2. The van der Waals surface area contributed by atoms with E-state index in [2.05, 4.69) is 31.4 Å². The van der Waals surface area contributed by atoms with Crippen LogP contribution in [0.4, 0.5) is 10.1 Å². The summed E-state index contributed by atoms with van der Waals surface area (Å²) in [5.41, 5.74) is 1.20. The minimum absolute atomic E-state index is 0.0375. The summed E-state index contributed by atoms with van der Waals surface area (Å²) in [7, 11) is 0. The number of carbonyl (C=O) groups is 2. The number of anilines is 1. The number of amides is 2. The van der Waals surface area contributed by atoms with Crippen molar-refractivity contribution in [1.82, 2.24) is 5.32 Å². The van der Waals surface area contributed by atoms with E-state index >= 15 is 0 Å². The summed E-state index contributed by atoms with van der Waals surface area (Å²) in [6.45, 7) is 12.2. The minimum atomic E-state index is -0.641. The molecule has 0 aliphatic heterocycles. The quantitative estimate of drug-likeness (QED) is 0.738. The summed E-state index contributed by atoms with van der Waals surface area (Å²) in [6.07, 6.45) is 3.82. The molecule has 1 aromatic carbocycles. The molecule has 1 fully saturated rings. The van der Waals surface area contributed by atoms with E-state index in [-0.39, 0.29) is 34.9 Å². The van der Waals surface area contributed by atoms with Gasteiger partial charge in [0.05, 0.1) is 0 Å². The van der Waals surface area contributed by atoms with Crippen molar-refractivity contribution in [2.75, 3.05) is 5.32 Å². The van der Waals surface area contributed by atoms with Crippen LogP contribution in [0.2, 0.25) is 0 Å². The Morgan fingerprint density at radius 1 is 1.11 bits per heavy atom. The van der Waals surface area contributed by atoms with Crippen LogP contribution in [0.15, 0.2) is 18.2 Å². The lowest BCUT2D eigenvalue weighted by Gasteiger charge is -2.37. The van der Waals surface area contributed by atoms with Gasteiger partial charge in [-0.15, -0.1) is 0 Å². The highest BCUT2D eigenvalue weighted by molar-refractivity contribution is 5.97. The molecule has 0 aromatic heterocycles. The van der Waals surface area contributed by atoms with Crippen LogP contribution in [0, 0.1) is 35.9 Å². The highest BCUT2D eigenvalue weighted by Crippen LogP contribution is 2.39. The molecule has 0 heterocycles. The third kappa shape index (κ3) is 5.79. The van der Waals surface area contributed by atoms with Gasteiger partial charge in [0.25, 0.3) is 0 Å². The van der Waals surface area contributed by atoms with Crippen LogP contribution in [0.5, 0.6) is 0 Å². The van der Waals surface area contributed by atoms with Crippen LogP contribution in [0.1, 0.15) is 65.9 Å². The lowest BCUT2D eigenvalue weighted by molar-refractivity contribution is -0.131. The Balaban J connectivity index is 1.97. The smallest absolute Gasteiger partial charge is 0.247 e. The van der Waals surface area contributed by atoms with Gasteiger partial charge in [0.1, 0.15) is 11.9 Å². The predicted octanol–water partition coefficient (Wildman–Crippen LogP) is 5.07. The van der Waals surface area contributed by atoms with E-state index in [1.807, 2.05) is 13.8 Å². The van der Waals surface area contributed by atoms with Crippen molar-refractivity contribution >= 4 is 17.5 Å². The molecular weight excluding hydrogens is 355 g/mol. The summed E-state index contributed by atoms with van der Waals surface area (Å²) < 4.78 is 13.7. The number of benzene rings is 1. The first-order valence-electron chi connectivity index (χ1n) is 10.4. The average molecular weight is 391 g/mol. The highest BCUT2D eigenvalue weighted by Gasteiger charge is 2.34. The van der Waals surface area contributed by atoms with Gasteiger partial charge in [0.2, 0.25) is 11.8 Å². The molecule has 0 bridgehead atoms. The minimum Gasteiger partial charge on any atom is -0.344 e. The van der Waals surface area contributed by atoms with Crippen LogP contribution >= 0.6 is 0 Å². The van der Waals surface area contributed by atoms with Crippen molar-refractivity contribution in [3.05, 3.63) is 29.6 Å². The Kier molecular flexibility index (Phi) is 7.24. The maximum absolute atomic E-state index is 13.7. The summed E-state index contributed by atoms with van der Waals surface area (Å²) in [6, 6.07) is 3.96. The van der Waals surface area contributed by atoms with Gasteiger partial charge in [0.15, 0.2) is 0 Å². The molecule has 0 radical (unpaired) electrons. The largest absolute Gasteiger partial charge is 0.344 e. The maximum Gasteiger partial charge on any atom is 0.247 e. The molecule has 0 spiro atoms. The Morgan fingerprint density at radius 3 is 2.21 bits per heavy atom. The molecule has 28 heavy (non-hydrogen) atoms. The number of aryl methyl sites for hydroxylation is 1. The predicted molar refractivity (Wildman–Crippen MR) is 111 cm³/mol. The molecule has 2 N–H and O–H groups in total. The molecule has 5 heteroatoms. The first-order chi connectivity index (χ1) is 13.0. The number of nitrogens with one attached hydrogen (secondary N) is 2. The van der Waals surface area contributed by atoms with Crippen LogP contribution in [-0.4, -0.2) is 17.9 Å². The molecule has 1 aliphatic carbocycles. The van der Waals surface area contributed by atoms with Gasteiger partial charge in [-0.2, -0.15) is 0 Å². The number of hydrogen-bond acceptors (Lipinski definition) is 2. The third-order valence-electron chi connectivity index (χ3n) is 6.01. The monoisotopic (exact) mass is 390 g/mol. The Morgan fingerprint density at radius 2 is 1.71 bits per heavy atom. The van der Waals surface area contributed by atoms with Gasteiger partial charge in [-0.1, -0.05) is 40.7 Å². The highest BCUT2D eigenvalue weighted by atomic mass is 19.1. The number of halogens is 1. The first kappa shape index (κ1) is 22.4. The van der Waals surface area contributed by atoms with E-state index in [9.17, 15) is 14.0 Å². The van der Waals surface area contributed by atoms with Crippen molar-refractivity contribution in [1.29, 1.82) is 0 Å². The Bertz CT molecular complexity index is 701. The van der Waals surface area contributed by atoms with E-state index < -0.39 is 6.04 Å². The molecule has 1 saturated carbocycles. The normalized spacial score (nSPS) is 21.3. The molecule has 2 rings (SSSR count). The van der Waals surface area contributed by atoms with E-state index in [0.717, 1.165) is 25.7 Å². The van der Waals surface area contributed by atoms with Crippen LogP contribution in [0.25, 0.3) is 0 Å². The second kappa shape index (κ2) is 9.06. The topological polar surface area (TPSA) is 58.2 Å². The van der Waals surface area contributed by atoms with Crippen molar-refractivity contribution in [2.24, 2.45) is 23.2 Å². The lowest BCUT2D eigenvalue weighted by atomic mass is 9.69. The third-order valence-corrected chi connectivity index (χ3v) is 6.01. The molecule has 156 valence electrons. The number of rotatable bonds is 5. The van der Waals surface area contributed by atoms with E-state index in [1.54, 1.807) is 19.1 Å². The van der Waals surface area contributed by atoms with E-state index in [4.69, 9.17) is 0 Å². The summed E-state index contributed by atoms with van der Waals surface area (Å²) in [5, 5.41) is 5.67. The SMILES string of the molecule is Cc1ccc(NC(=O)[C@@H](NC(=O)C2CCC(C(C)(C)C)CC2)C(C)C)cc1F. The van der Waals surface area contributed by atoms with E-state index in [1.165, 1.54) is 6.07 Å². The Hall–Kier alpha value is -1.91. The summed E-state index contributed by atoms with van der Waals surface area (Å²) in [4.78, 5) is 25.5. The Labute approximate surface area is 168 Å². The fraction of sp³-hybridized carbons (Fsp3) is 0.652. The fourth-order valence-electron chi connectivity index (χ4n) is 3.92. The van der Waals surface area contributed by atoms with Gasteiger partial charge < -0.3 is 10.6 Å². The number of carbonyl (C=O) groups excluding carboxylic acids is 2. The second-order valence-corrected chi connectivity index (χ2v) is 9.60. The zero-order chi connectivity index (χ0) is 21.1. The van der Waals surface area contributed by atoms with Crippen LogP contribution in [0.3, 0.4) is 0 Å². The first-order valence-corrected chi connectivity index (χ1v) is 10.4. The van der Waals surface area contributed by atoms with Crippen molar-refractivity contribution < 1.29 is 14.0 Å². The van der Waals surface area contributed by atoms with Gasteiger partial charge in [-0.05, 0) is 67.6 Å². The zero-order valence-corrected chi connectivity index (χ0v) is 18.1. The van der Waals surface area contributed by atoms with E-state index in [0.29, 0.717) is 17.2 Å². The zero-order valence-electron chi connectivity index (χ0n) is 18.1. The van der Waals surface area contributed by atoms with Crippen molar-refractivity contribution in [3.8, 4) is 0 Å². The molecular formula is C23H35FN2O2. The molecule has 1 aliphatic rings. The van der Waals surface area contributed by atoms with Crippen molar-refractivity contribution in [2.45, 2.75) is 73.3 Å². The van der Waals surface area contributed by atoms with Gasteiger partial charge in [-0.3, -0.25) is 9.59 Å². The molecule has 2 amide bonds. The molecule has 1 atom stereocenters. The second-order valence-electron chi connectivity index (χ2n) is 9.60. The van der Waals surface area contributed by atoms with Crippen molar-refractivity contribution in [3.63, 3.8) is 0 Å². The summed E-state index contributed by atoms with van der Waals surface area (Å²) in [5.74, 6) is -0.184. The maximum atomic E-state index is 13.7. The summed E-state index contributed by atoms with van der Waals surface area (Å²) >= 11 is 0. The van der Waals surface area contributed by atoms with Crippen LogP contribution < -0.4 is 10.6 Å². The fourth-order valence-corrected chi connectivity index (χ4v) is 3.92. The molecule has 1 aromatic rings. The van der Waals surface area contributed by atoms with Gasteiger partial charge >= 0.3 is 0 Å². The molecule has 0 unspecified atom stereocenters. The average Bonchev–Trinajstić information content (AvgIpc) is 2.61. The lowest BCUT2D eigenvalue weighted by Crippen LogP contribution is -2.49. The molecule has 0 saturated heterocycles.